The third-order valence-electron chi connectivity index (χ3n) is 4.19. The van der Waals surface area contributed by atoms with E-state index < -0.39 is 23.0 Å². The Morgan fingerprint density at radius 2 is 1.74 bits per heavy atom. The van der Waals surface area contributed by atoms with Gasteiger partial charge in [0.1, 0.15) is 11.2 Å². The summed E-state index contributed by atoms with van der Waals surface area (Å²) in [6.45, 7) is 3.00. The van der Waals surface area contributed by atoms with Crippen LogP contribution in [0.5, 0.6) is 0 Å². The van der Waals surface area contributed by atoms with Crippen LogP contribution in [0.25, 0.3) is 10.9 Å². The number of nitrogens with one attached hydrogen (secondary N) is 2. The quantitative estimate of drug-likeness (QED) is 0.643. The van der Waals surface area contributed by atoms with Crippen LogP contribution in [-0.2, 0) is 9.59 Å². The van der Waals surface area contributed by atoms with E-state index in [-0.39, 0.29) is 5.02 Å². The van der Waals surface area contributed by atoms with Crippen molar-refractivity contribution in [3.8, 4) is 0 Å². The van der Waals surface area contributed by atoms with Crippen molar-refractivity contribution < 1.29 is 14.0 Å². The summed E-state index contributed by atoms with van der Waals surface area (Å²) in [6.07, 6.45) is 1.63. The minimum Gasteiger partial charge on any atom is -0.325 e. The average molecular weight is 386 g/mol. The zero-order chi connectivity index (χ0) is 19.6. The van der Waals surface area contributed by atoms with E-state index in [0.717, 1.165) is 11.5 Å². The van der Waals surface area contributed by atoms with Crippen molar-refractivity contribution >= 4 is 45.7 Å². The number of hydrogen-bond donors (Lipinski definition) is 2. The van der Waals surface area contributed by atoms with Gasteiger partial charge in [0.25, 0.3) is 0 Å². The lowest BCUT2D eigenvalue weighted by molar-refractivity contribution is -0.135. The number of aromatic nitrogens is 1. The summed E-state index contributed by atoms with van der Waals surface area (Å²) in [4.78, 5) is 29.6. The van der Waals surface area contributed by atoms with Crippen LogP contribution in [0.2, 0.25) is 5.02 Å². The Balaban J connectivity index is 1.79. The molecule has 0 atom stereocenters. The Morgan fingerprint density at radius 3 is 2.48 bits per heavy atom. The van der Waals surface area contributed by atoms with Crippen molar-refractivity contribution in [1.29, 1.82) is 0 Å². The molecule has 2 aromatic carbocycles. The van der Waals surface area contributed by atoms with E-state index in [9.17, 15) is 14.0 Å². The monoisotopic (exact) mass is 385 g/mol. The molecule has 138 valence electrons. The molecule has 0 saturated heterocycles. The van der Waals surface area contributed by atoms with Crippen LogP contribution < -0.4 is 10.6 Å². The molecule has 0 saturated carbocycles. The molecule has 0 bridgehead atoms. The molecule has 0 aliphatic heterocycles. The maximum atomic E-state index is 13.3. The summed E-state index contributed by atoms with van der Waals surface area (Å²) >= 11 is 5.72. The smallest absolute Gasteiger partial charge is 0.239 e. The summed E-state index contributed by atoms with van der Waals surface area (Å²) < 4.78 is 13.3. The van der Waals surface area contributed by atoms with Gasteiger partial charge in [-0.15, -0.1) is 0 Å². The normalized spacial score (nSPS) is 11.3. The number of benzene rings is 2. The summed E-state index contributed by atoms with van der Waals surface area (Å²) in [7, 11) is 0. The van der Waals surface area contributed by atoms with Crippen LogP contribution in [0.4, 0.5) is 15.8 Å². The number of nitrogens with zero attached hydrogens (tertiary/aromatic N) is 1. The second kappa shape index (κ2) is 7.32. The second-order valence-electron chi connectivity index (χ2n) is 6.54. The van der Waals surface area contributed by atoms with Gasteiger partial charge in [-0.05, 0) is 44.2 Å². The Morgan fingerprint density at radius 1 is 1.04 bits per heavy atom. The second-order valence-corrected chi connectivity index (χ2v) is 6.95. The highest BCUT2D eigenvalue weighted by Crippen LogP contribution is 2.26. The lowest BCUT2D eigenvalue weighted by Crippen LogP contribution is -2.41. The number of pyridine rings is 1. The van der Waals surface area contributed by atoms with Gasteiger partial charge in [0.05, 0.1) is 16.2 Å². The molecule has 0 fully saturated rings. The number of carbonyl (C=O) groups excluding carboxylic acids is 2. The van der Waals surface area contributed by atoms with Crippen molar-refractivity contribution in [2.45, 2.75) is 13.8 Å². The van der Waals surface area contributed by atoms with Crippen LogP contribution in [0, 0.1) is 11.2 Å². The fourth-order valence-electron chi connectivity index (χ4n) is 2.45. The fraction of sp³-hybridized carbons (Fsp3) is 0.150. The highest BCUT2D eigenvalue weighted by Gasteiger charge is 2.36. The van der Waals surface area contributed by atoms with Crippen LogP contribution >= 0.6 is 11.6 Å². The minimum absolute atomic E-state index is 0.114. The zero-order valence-electron chi connectivity index (χ0n) is 14.7. The maximum Gasteiger partial charge on any atom is 0.239 e. The standard InChI is InChI=1S/C20H17ClFN3O2/c1-20(2,18(26)24-13-8-9-15(22)14(21)11-13)19(27)25-16-7-3-5-12-6-4-10-23-17(12)16/h3-11H,1-2H3,(H,24,26)(H,25,27). The molecule has 3 rings (SSSR count). The van der Waals surface area contributed by atoms with Gasteiger partial charge in [-0.2, -0.15) is 0 Å². The first-order valence-electron chi connectivity index (χ1n) is 8.21. The lowest BCUT2D eigenvalue weighted by atomic mass is 9.90. The largest absolute Gasteiger partial charge is 0.325 e. The molecule has 7 heteroatoms. The lowest BCUT2D eigenvalue weighted by Gasteiger charge is -2.23. The maximum absolute atomic E-state index is 13.3. The third-order valence-corrected chi connectivity index (χ3v) is 4.48. The first kappa shape index (κ1) is 18.8. The predicted octanol–water partition coefficient (Wildman–Crippen LogP) is 4.63. The van der Waals surface area contributed by atoms with Crippen molar-refractivity contribution in [1.82, 2.24) is 4.98 Å². The molecule has 1 aromatic heterocycles. The Labute approximate surface area is 160 Å². The molecule has 0 unspecified atom stereocenters. The fourth-order valence-corrected chi connectivity index (χ4v) is 2.63. The van der Waals surface area contributed by atoms with Gasteiger partial charge in [-0.25, -0.2) is 4.39 Å². The van der Waals surface area contributed by atoms with Crippen molar-refractivity contribution in [3.63, 3.8) is 0 Å². The summed E-state index contributed by atoms with van der Waals surface area (Å²) in [5.41, 5.74) is 0.0652. The van der Waals surface area contributed by atoms with E-state index in [1.807, 2.05) is 12.1 Å². The number of para-hydroxylation sites is 1. The van der Waals surface area contributed by atoms with E-state index in [1.165, 1.54) is 26.0 Å². The van der Waals surface area contributed by atoms with Crippen LogP contribution in [0.1, 0.15) is 13.8 Å². The molecule has 2 N–H and O–H groups in total. The number of fused-ring (bicyclic) bond motifs is 1. The van der Waals surface area contributed by atoms with Crippen LogP contribution in [-0.4, -0.2) is 16.8 Å². The van der Waals surface area contributed by atoms with Crippen molar-refractivity contribution in [2.24, 2.45) is 5.41 Å². The summed E-state index contributed by atoms with van der Waals surface area (Å²) in [5, 5.41) is 6.11. The molecule has 0 aliphatic carbocycles. The Bertz CT molecular complexity index is 1030. The average Bonchev–Trinajstić information content (AvgIpc) is 2.65. The molecule has 3 aromatic rings. The first-order chi connectivity index (χ1) is 12.8. The molecule has 27 heavy (non-hydrogen) atoms. The van der Waals surface area contributed by atoms with Gasteiger partial charge in [0, 0.05) is 17.3 Å². The zero-order valence-corrected chi connectivity index (χ0v) is 15.5. The SMILES string of the molecule is CC(C)(C(=O)Nc1ccc(F)c(Cl)c1)C(=O)Nc1cccc2cccnc12. The number of carbonyl (C=O) groups is 2. The predicted molar refractivity (Wildman–Crippen MR) is 104 cm³/mol. The molecule has 5 nitrogen and oxygen atoms in total. The molecule has 1 heterocycles. The molecular formula is C20H17ClFN3O2. The van der Waals surface area contributed by atoms with E-state index in [2.05, 4.69) is 15.6 Å². The number of halogens is 2. The molecule has 0 radical (unpaired) electrons. The van der Waals surface area contributed by atoms with Gasteiger partial charge in [-0.3, -0.25) is 14.6 Å². The molecular weight excluding hydrogens is 369 g/mol. The van der Waals surface area contributed by atoms with E-state index in [0.29, 0.717) is 16.9 Å². The minimum atomic E-state index is -1.39. The van der Waals surface area contributed by atoms with E-state index in [4.69, 9.17) is 11.6 Å². The Hall–Kier alpha value is -2.99. The first-order valence-corrected chi connectivity index (χ1v) is 8.58. The molecule has 2 amide bonds. The third kappa shape index (κ3) is 3.90. The van der Waals surface area contributed by atoms with Crippen LogP contribution in [0.15, 0.2) is 54.7 Å². The van der Waals surface area contributed by atoms with Crippen molar-refractivity contribution in [2.75, 3.05) is 10.6 Å². The molecule has 0 spiro atoms. The van der Waals surface area contributed by atoms with Gasteiger partial charge < -0.3 is 10.6 Å². The number of rotatable bonds is 4. The number of amides is 2. The van der Waals surface area contributed by atoms with Crippen LogP contribution in [0.3, 0.4) is 0 Å². The van der Waals surface area contributed by atoms with Crippen molar-refractivity contribution in [3.05, 3.63) is 65.6 Å². The highest BCUT2D eigenvalue weighted by molar-refractivity contribution is 6.31. The van der Waals surface area contributed by atoms with Gasteiger partial charge in [-0.1, -0.05) is 29.8 Å². The van der Waals surface area contributed by atoms with E-state index >= 15 is 0 Å². The van der Waals surface area contributed by atoms with Gasteiger partial charge in [0.2, 0.25) is 11.8 Å². The summed E-state index contributed by atoms with van der Waals surface area (Å²) in [6, 6.07) is 12.9. The van der Waals surface area contributed by atoms with Gasteiger partial charge in [0.15, 0.2) is 0 Å². The molecule has 0 aliphatic rings. The topological polar surface area (TPSA) is 71.1 Å². The van der Waals surface area contributed by atoms with Gasteiger partial charge >= 0.3 is 0 Å². The number of anilines is 2. The number of hydrogen-bond acceptors (Lipinski definition) is 3. The highest BCUT2D eigenvalue weighted by atomic mass is 35.5. The Kier molecular flexibility index (Phi) is 5.10. The van der Waals surface area contributed by atoms with E-state index in [1.54, 1.807) is 24.4 Å². The summed E-state index contributed by atoms with van der Waals surface area (Å²) in [5.74, 6) is -1.63.